The number of hydrogen-bond donors (Lipinski definition) is 1. The van der Waals surface area contributed by atoms with Crippen molar-refractivity contribution in [2.24, 2.45) is 0 Å². The predicted molar refractivity (Wildman–Crippen MR) is 74.2 cm³/mol. The molecule has 2 aromatic rings. The van der Waals surface area contributed by atoms with Crippen molar-refractivity contribution >= 4 is 0 Å². The molecule has 100 valence electrons. The number of rotatable bonds is 4. The third-order valence-corrected chi connectivity index (χ3v) is 3.21. The first-order valence-corrected chi connectivity index (χ1v) is 6.43. The molecule has 1 heterocycles. The van der Waals surface area contributed by atoms with Gasteiger partial charge in [0.1, 0.15) is 6.04 Å². The number of benzene rings is 2. The first kappa shape index (κ1) is 12.5. The van der Waals surface area contributed by atoms with Crippen LogP contribution in [-0.2, 0) is 6.54 Å². The maximum Gasteiger partial charge on any atom is 0.231 e. The number of fused-ring (bicyclic) bond motifs is 1. The monoisotopic (exact) mass is 266 g/mol. The smallest absolute Gasteiger partial charge is 0.231 e. The van der Waals surface area contributed by atoms with E-state index in [-0.39, 0.29) is 12.8 Å². The van der Waals surface area contributed by atoms with Gasteiger partial charge in [-0.15, -0.1) is 0 Å². The Balaban J connectivity index is 1.68. The van der Waals surface area contributed by atoms with E-state index in [2.05, 4.69) is 11.4 Å². The minimum Gasteiger partial charge on any atom is -0.454 e. The molecule has 0 aromatic heterocycles. The van der Waals surface area contributed by atoms with Gasteiger partial charge in [0.05, 0.1) is 6.07 Å². The molecule has 3 rings (SSSR count). The van der Waals surface area contributed by atoms with Gasteiger partial charge >= 0.3 is 0 Å². The highest BCUT2D eigenvalue weighted by Gasteiger charge is 2.14. The van der Waals surface area contributed by atoms with Gasteiger partial charge in [-0.3, -0.25) is 5.32 Å². The van der Waals surface area contributed by atoms with Crippen LogP contribution in [0, 0.1) is 11.3 Å². The Morgan fingerprint density at radius 3 is 2.70 bits per heavy atom. The number of nitriles is 1. The summed E-state index contributed by atoms with van der Waals surface area (Å²) >= 11 is 0. The molecule has 1 aliphatic rings. The highest BCUT2D eigenvalue weighted by molar-refractivity contribution is 5.44. The molecule has 4 nitrogen and oxygen atoms in total. The zero-order chi connectivity index (χ0) is 13.8. The van der Waals surface area contributed by atoms with Crippen LogP contribution in [0.5, 0.6) is 11.5 Å². The molecule has 20 heavy (non-hydrogen) atoms. The molecule has 1 aliphatic heterocycles. The first-order chi connectivity index (χ1) is 9.86. The van der Waals surface area contributed by atoms with Crippen molar-refractivity contribution in [3.8, 4) is 17.6 Å². The zero-order valence-corrected chi connectivity index (χ0v) is 10.9. The molecule has 0 amide bonds. The maximum atomic E-state index is 9.26. The van der Waals surface area contributed by atoms with E-state index in [0.717, 1.165) is 22.6 Å². The molecule has 0 saturated carbocycles. The van der Waals surface area contributed by atoms with Gasteiger partial charge in [0.15, 0.2) is 11.5 Å². The van der Waals surface area contributed by atoms with Gasteiger partial charge in [-0.05, 0) is 23.3 Å². The summed E-state index contributed by atoms with van der Waals surface area (Å²) in [5.41, 5.74) is 2.03. The largest absolute Gasteiger partial charge is 0.454 e. The topological polar surface area (TPSA) is 54.3 Å². The highest BCUT2D eigenvalue weighted by atomic mass is 16.7. The lowest BCUT2D eigenvalue weighted by molar-refractivity contribution is 0.174. The third kappa shape index (κ3) is 2.58. The van der Waals surface area contributed by atoms with Crippen molar-refractivity contribution in [2.75, 3.05) is 6.79 Å². The van der Waals surface area contributed by atoms with Gasteiger partial charge in [0.2, 0.25) is 6.79 Å². The molecule has 0 fully saturated rings. The molecule has 0 aliphatic carbocycles. The molecule has 0 saturated heterocycles. The molecule has 0 radical (unpaired) electrons. The quantitative estimate of drug-likeness (QED) is 0.924. The second kappa shape index (κ2) is 5.64. The standard InChI is InChI=1S/C16H14N2O2/c17-9-14(13-4-2-1-3-5-13)18-10-12-6-7-15-16(8-12)20-11-19-15/h1-8,14,18H,10-11H2. The Morgan fingerprint density at radius 1 is 1.10 bits per heavy atom. The Hall–Kier alpha value is -2.51. The molecule has 4 heteroatoms. The Bertz CT molecular complexity index is 635. The number of nitrogens with zero attached hydrogens (tertiary/aromatic N) is 1. The lowest BCUT2D eigenvalue weighted by Gasteiger charge is -2.12. The average Bonchev–Trinajstić information content (AvgIpc) is 2.96. The van der Waals surface area contributed by atoms with E-state index in [9.17, 15) is 5.26 Å². The van der Waals surface area contributed by atoms with Crippen molar-refractivity contribution in [1.82, 2.24) is 5.32 Å². The van der Waals surface area contributed by atoms with Gasteiger partial charge < -0.3 is 9.47 Å². The number of ether oxygens (including phenoxy) is 2. The summed E-state index contributed by atoms with van der Waals surface area (Å²) in [6, 6.07) is 17.5. The van der Waals surface area contributed by atoms with Gasteiger partial charge in [0, 0.05) is 6.54 Å². The Kier molecular flexibility index (Phi) is 3.53. The molecule has 1 atom stereocenters. The van der Waals surface area contributed by atoms with Crippen LogP contribution in [-0.4, -0.2) is 6.79 Å². The van der Waals surface area contributed by atoms with E-state index in [1.807, 2.05) is 48.5 Å². The van der Waals surface area contributed by atoms with Gasteiger partial charge in [0.25, 0.3) is 0 Å². The Morgan fingerprint density at radius 2 is 1.90 bits per heavy atom. The summed E-state index contributed by atoms with van der Waals surface area (Å²) in [4.78, 5) is 0. The van der Waals surface area contributed by atoms with Crippen LogP contribution in [0.25, 0.3) is 0 Å². The van der Waals surface area contributed by atoms with E-state index in [0.29, 0.717) is 6.54 Å². The molecular weight excluding hydrogens is 252 g/mol. The van der Waals surface area contributed by atoms with E-state index >= 15 is 0 Å². The minimum absolute atomic E-state index is 0.275. The van der Waals surface area contributed by atoms with Crippen molar-refractivity contribution in [3.05, 3.63) is 59.7 Å². The fraction of sp³-hybridized carbons (Fsp3) is 0.188. The Labute approximate surface area is 117 Å². The zero-order valence-electron chi connectivity index (χ0n) is 10.9. The summed E-state index contributed by atoms with van der Waals surface area (Å²) in [5.74, 6) is 1.53. The summed E-state index contributed by atoms with van der Waals surface area (Å²) in [6.45, 7) is 0.876. The first-order valence-electron chi connectivity index (χ1n) is 6.43. The van der Waals surface area contributed by atoms with Crippen LogP contribution in [0.3, 0.4) is 0 Å². The minimum atomic E-state index is -0.318. The third-order valence-electron chi connectivity index (χ3n) is 3.21. The van der Waals surface area contributed by atoms with Crippen LogP contribution in [0.1, 0.15) is 17.2 Å². The molecular formula is C16H14N2O2. The van der Waals surface area contributed by atoms with E-state index in [1.165, 1.54) is 0 Å². The maximum absolute atomic E-state index is 9.26. The number of nitrogens with one attached hydrogen (secondary N) is 1. The predicted octanol–water partition coefficient (Wildman–Crippen LogP) is 2.77. The normalized spacial score (nSPS) is 13.8. The fourth-order valence-electron chi connectivity index (χ4n) is 2.15. The molecule has 1 unspecified atom stereocenters. The van der Waals surface area contributed by atoms with Crippen molar-refractivity contribution < 1.29 is 9.47 Å². The molecule has 1 N–H and O–H groups in total. The van der Waals surface area contributed by atoms with E-state index in [4.69, 9.17) is 9.47 Å². The summed E-state index contributed by atoms with van der Waals surface area (Å²) in [7, 11) is 0. The van der Waals surface area contributed by atoms with Crippen LogP contribution in [0.4, 0.5) is 0 Å². The van der Waals surface area contributed by atoms with Gasteiger partial charge in [-0.1, -0.05) is 36.4 Å². The van der Waals surface area contributed by atoms with Crippen LogP contribution in [0.2, 0.25) is 0 Å². The van der Waals surface area contributed by atoms with Crippen molar-refractivity contribution in [1.29, 1.82) is 5.26 Å². The lowest BCUT2D eigenvalue weighted by atomic mass is 10.1. The van der Waals surface area contributed by atoms with Crippen molar-refractivity contribution in [2.45, 2.75) is 12.6 Å². The summed E-state index contributed by atoms with van der Waals surface area (Å²) in [6.07, 6.45) is 0. The summed E-state index contributed by atoms with van der Waals surface area (Å²) in [5, 5.41) is 12.5. The van der Waals surface area contributed by atoms with Crippen LogP contribution in [0.15, 0.2) is 48.5 Å². The fourth-order valence-corrected chi connectivity index (χ4v) is 2.15. The second-order valence-corrected chi connectivity index (χ2v) is 4.54. The van der Waals surface area contributed by atoms with Crippen LogP contribution >= 0.6 is 0 Å². The number of hydrogen-bond acceptors (Lipinski definition) is 4. The average molecular weight is 266 g/mol. The van der Waals surface area contributed by atoms with E-state index < -0.39 is 0 Å². The van der Waals surface area contributed by atoms with E-state index in [1.54, 1.807) is 0 Å². The lowest BCUT2D eigenvalue weighted by Crippen LogP contribution is -2.19. The van der Waals surface area contributed by atoms with Crippen LogP contribution < -0.4 is 14.8 Å². The highest BCUT2D eigenvalue weighted by Crippen LogP contribution is 2.32. The molecule has 0 bridgehead atoms. The van der Waals surface area contributed by atoms with Crippen molar-refractivity contribution in [3.63, 3.8) is 0 Å². The van der Waals surface area contributed by atoms with Gasteiger partial charge in [-0.25, -0.2) is 0 Å². The molecule has 2 aromatic carbocycles. The molecule has 0 spiro atoms. The second-order valence-electron chi connectivity index (χ2n) is 4.54. The SMILES string of the molecule is N#CC(NCc1ccc2c(c1)OCO2)c1ccccc1. The summed E-state index contributed by atoms with van der Waals surface area (Å²) < 4.78 is 10.6. The van der Waals surface area contributed by atoms with Gasteiger partial charge in [-0.2, -0.15) is 5.26 Å².